The second-order valence-corrected chi connectivity index (χ2v) is 5.64. The van der Waals surface area contributed by atoms with E-state index in [2.05, 4.69) is 5.32 Å². The highest BCUT2D eigenvalue weighted by Gasteiger charge is 2.19. The largest absolute Gasteiger partial charge is 0.487 e. The first-order chi connectivity index (χ1) is 8.58. The van der Waals surface area contributed by atoms with Crippen molar-refractivity contribution >= 4 is 26.9 Å². The maximum Gasteiger partial charge on any atom is 0.449 e. The Morgan fingerprint density at radius 3 is 2.17 bits per heavy atom. The van der Waals surface area contributed by atoms with Gasteiger partial charge in [-0.1, -0.05) is 18.2 Å². The van der Waals surface area contributed by atoms with E-state index in [1.54, 1.807) is 0 Å². The van der Waals surface area contributed by atoms with Crippen LogP contribution in [-0.4, -0.2) is 27.8 Å². The van der Waals surface area contributed by atoms with Gasteiger partial charge in [-0.2, -0.15) is 0 Å². The lowest BCUT2D eigenvalue weighted by atomic mass is 10.3. The van der Waals surface area contributed by atoms with Crippen molar-refractivity contribution in [1.29, 1.82) is 0 Å². The predicted octanol–water partition coefficient (Wildman–Crippen LogP) is 1.45. The van der Waals surface area contributed by atoms with E-state index in [-0.39, 0.29) is 0 Å². The normalized spacial score (nSPS) is 9.94. The Kier molecular flexibility index (Phi) is 5.93. The van der Waals surface area contributed by atoms with Crippen molar-refractivity contribution in [2.45, 2.75) is 19.9 Å². The summed E-state index contributed by atoms with van der Waals surface area (Å²) >= 11 is 0. The molecule has 0 aliphatic carbocycles. The molecule has 0 heterocycles. The van der Waals surface area contributed by atoms with Crippen LogP contribution in [0, 0.1) is 0 Å². The topological polar surface area (TPSA) is 64.6 Å². The number of nitrogens with one attached hydrogen (secondary N) is 1. The van der Waals surface area contributed by atoms with Gasteiger partial charge in [0.05, 0.1) is 0 Å². The molecule has 1 N–H and O–H groups in total. The number of anilines is 1. The highest BCUT2D eigenvalue weighted by Crippen LogP contribution is 2.06. The van der Waals surface area contributed by atoms with E-state index in [1.165, 1.54) is 13.8 Å². The highest BCUT2D eigenvalue weighted by molar-refractivity contribution is 6.48. The fourth-order valence-corrected chi connectivity index (χ4v) is 2.81. The van der Waals surface area contributed by atoms with Gasteiger partial charge >= 0.3 is 9.28 Å². The molecule has 1 aromatic carbocycles. The van der Waals surface area contributed by atoms with Gasteiger partial charge in [-0.3, -0.25) is 9.59 Å². The van der Waals surface area contributed by atoms with Gasteiger partial charge in [0.15, 0.2) is 0 Å². The summed E-state index contributed by atoms with van der Waals surface area (Å²) in [5.74, 6) is -0.819. The van der Waals surface area contributed by atoms with Gasteiger partial charge < -0.3 is 14.2 Å². The molecule has 0 aliphatic rings. The number of para-hydroxylation sites is 1. The second-order valence-electron chi connectivity index (χ2n) is 3.73. The van der Waals surface area contributed by atoms with Crippen LogP contribution in [-0.2, 0) is 18.4 Å². The highest BCUT2D eigenvalue weighted by atomic mass is 28.3. The molecule has 0 unspecified atom stereocenters. The molecule has 98 valence electrons. The summed E-state index contributed by atoms with van der Waals surface area (Å²) in [5.41, 5.74) is 0.982. The lowest BCUT2D eigenvalue weighted by molar-refractivity contribution is -0.137. The Labute approximate surface area is 108 Å². The number of carbonyl (C=O) groups is 2. The molecule has 0 saturated carbocycles. The third kappa shape index (κ3) is 6.05. The first-order valence-electron chi connectivity index (χ1n) is 5.71. The van der Waals surface area contributed by atoms with Gasteiger partial charge in [0.1, 0.15) is 0 Å². The molecule has 0 saturated heterocycles. The fraction of sp³-hybridized carbons (Fsp3) is 0.333. The van der Waals surface area contributed by atoms with Crippen LogP contribution >= 0.6 is 0 Å². The SMILES string of the molecule is CC(=O)O[SiH](CCNc1ccccc1)OC(C)=O. The van der Waals surface area contributed by atoms with E-state index in [4.69, 9.17) is 8.85 Å². The Bertz CT molecular complexity index is 380. The van der Waals surface area contributed by atoms with Crippen molar-refractivity contribution in [3.63, 3.8) is 0 Å². The monoisotopic (exact) mass is 267 g/mol. The third-order valence-electron chi connectivity index (χ3n) is 2.08. The lowest BCUT2D eigenvalue weighted by Gasteiger charge is -2.15. The summed E-state index contributed by atoms with van der Waals surface area (Å²) in [7, 11) is -2.25. The molecule has 5 nitrogen and oxygen atoms in total. The Morgan fingerprint density at radius 1 is 1.11 bits per heavy atom. The zero-order valence-corrected chi connectivity index (χ0v) is 11.7. The molecular weight excluding hydrogens is 250 g/mol. The Hall–Kier alpha value is -1.82. The molecule has 6 heteroatoms. The van der Waals surface area contributed by atoms with E-state index in [1.807, 2.05) is 30.3 Å². The zero-order chi connectivity index (χ0) is 13.4. The number of hydrogen-bond acceptors (Lipinski definition) is 5. The molecule has 0 spiro atoms. The summed E-state index contributed by atoms with van der Waals surface area (Å²) in [6.07, 6.45) is 0. The van der Waals surface area contributed by atoms with Crippen LogP contribution in [0.25, 0.3) is 0 Å². The Morgan fingerprint density at radius 2 is 1.67 bits per heavy atom. The molecule has 0 fully saturated rings. The molecule has 0 aromatic heterocycles. The Balaban J connectivity index is 2.37. The van der Waals surface area contributed by atoms with Crippen LogP contribution in [0.4, 0.5) is 5.69 Å². The van der Waals surface area contributed by atoms with E-state index in [9.17, 15) is 9.59 Å². The van der Waals surface area contributed by atoms with Crippen molar-refractivity contribution in [3.05, 3.63) is 30.3 Å². The first kappa shape index (κ1) is 14.2. The van der Waals surface area contributed by atoms with Crippen LogP contribution in [0.1, 0.15) is 13.8 Å². The molecule has 1 aromatic rings. The summed E-state index contributed by atoms with van der Waals surface area (Å²) in [6.45, 7) is 3.23. The second kappa shape index (κ2) is 7.49. The van der Waals surface area contributed by atoms with Crippen molar-refractivity contribution in [2.75, 3.05) is 11.9 Å². The molecule has 0 aliphatic heterocycles. The van der Waals surface area contributed by atoms with Crippen molar-refractivity contribution < 1.29 is 18.4 Å². The molecule has 0 radical (unpaired) electrons. The standard InChI is InChI=1S/C12H17NO4Si/c1-10(14)16-18(17-11(2)15)9-8-13-12-6-4-3-5-7-12/h3-7,13,18H,8-9H2,1-2H3. The van der Waals surface area contributed by atoms with Gasteiger partial charge in [0.25, 0.3) is 11.9 Å². The maximum absolute atomic E-state index is 10.9. The lowest BCUT2D eigenvalue weighted by Crippen LogP contribution is -2.29. The minimum absolute atomic E-state index is 0.410. The van der Waals surface area contributed by atoms with Gasteiger partial charge in [0, 0.05) is 32.1 Å². The summed E-state index contributed by atoms with van der Waals surface area (Å²) in [6, 6.07) is 10.2. The fourth-order valence-electron chi connectivity index (χ4n) is 1.40. The molecular formula is C12H17NO4Si. The van der Waals surface area contributed by atoms with E-state index < -0.39 is 21.2 Å². The van der Waals surface area contributed by atoms with Crippen molar-refractivity contribution in [3.8, 4) is 0 Å². The molecule has 0 bridgehead atoms. The molecule has 0 atom stereocenters. The predicted molar refractivity (Wildman–Crippen MR) is 70.4 cm³/mol. The first-order valence-corrected chi connectivity index (χ1v) is 7.47. The van der Waals surface area contributed by atoms with E-state index >= 15 is 0 Å². The van der Waals surface area contributed by atoms with Crippen LogP contribution in [0.3, 0.4) is 0 Å². The summed E-state index contributed by atoms with van der Waals surface area (Å²) in [4.78, 5) is 21.7. The quantitative estimate of drug-likeness (QED) is 0.790. The zero-order valence-electron chi connectivity index (χ0n) is 10.5. The van der Waals surface area contributed by atoms with Crippen LogP contribution in [0.5, 0.6) is 0 Å². The van der Waals surface area contributed by atoms with Crippen molar-refractivity contribution in [1.82, 2.24) is 0 Å². The number of carbonyl (C=O) groups excluding carboxylic acids is 2. The summed E-state index contributed by atoms with van der Waals surface area (Å²) < 4.78 is 10.0. The number of rotatable bonds is 6. The average Bonchev–Trinajstić information content (AvgIpc) is 2.28. The summed E-state index contributed by atoms with van der Waals surface area (Å²) in [5, 5.41) is 3.17. The van der Waals surface area contributed by atoms with E-state index in [0.717, 1.165) is 5.69 Å². The van der Waals surface area contributed by atoms with Gasteiger partial charge in [-0.05, 0) is 12.1 Å². The molecule has 0 amide bonds. The number of hydrogen-bond donors (Lipinski definition) is 1. The average molecular weight is 267 g/mol. The molecule has 1 rings (SSSR count). The third-order valence-corrected chi connectivity index (χ3v) is 4.03. The number of benzene rings is 1. The maximum atomic E-state index is 10.9. The van der Waals surface area contributed by atoms with Crippen molar-refractivity contribution in [2.24, 2.45) is 0 Å². The smallest absolute Gasteiger partial charge is 0.449 e. The molecule has 18 heavy (non-hydrogen) atoms. The van der Waals surface area contributed by atoms with Crippen LogP contribution in [0.2, 0.25) is 6.04 Å². The van der Waals surface area contributed by atoms with Gasteiger partial charge in [-0.25, -0.2) is 0 Å². The van der Waals surface area contributed by atoms with Gasteiger partial charge in [0.2, 0.25) is 0 Å². The van der Waals surface area contributed by atoms with E-state index in [0.29, 0.717) is 12.6 Å². The minimum atomic E-state index is -2.25. The van der Waals surface area contributed by atoms with Crippen LogP contribution in [0.15, 0.2) is 30.3 Å². The minimum Gasteiger partial charge on any atom is -0.487 e. The van der Waals surface area contributed by atoms with Crippen LogP contribution < -0.4 is 5.32 Å². The van der Waals surface area contributed by atoms with Gasteiger partial charge in [-0.15, -0.1) is 0 Å².